The number of methoxy groups -OCH3 is 2. The molecule has 1 aromatic carbocycles. The van der Waals surface area contributed by atoms with E-state index >= 15 is 0 Å². The molecule has 0 saturated heterocycles. The average molecular weight is 316 g/mol. The molecule has 6 nitrogen and oxygen atoms in total. The van der Waals surface area contributed by atoms with Crippen LogP contribution in [0.1, 0.15) is 18.3 Å². The third-order valence-electron chi connectivity index (χ3n) is 3.28. The molecule has 0 aliphatic carbocycles. The van der Waals surface area contributed by atoms with Gasteiger partial charge in [0.05, 0.1) is 20.8 Å². The quantitative estimate of drug-likeness (QED) is 0.605. The van der Waals surface area contributed by atoms with E-state index in [1.165, 1.54) is 0 Å². The summed E-state index contributed by atoms with van der Waals surface area (Å²) in [6, 6.07) is 5.41. The maximum atomic E-state index is 12.3. The molecule has 0 aliphatic rings. The normalized spacial score (nSPS) is 11.2. The van der Waals surface area contributed by atoms with E-state index in [0.717, 1.165) is 5.56 Å². The summed E-state index contributed by atoms with van der Waals surface area (Å²) in [4.78, 5) is 16.5. The summed E-state index contributed by atoms with van der Waals surface area (Å²) >= 11 is 0. The van der Waals surface area contributed by atoms with Crippen LogP contribution in [0.4, 0.5) is 0 Å². The van der Waals surface area contributed by atoms with Crippen LogP contribution in [0.15, 0.2) is 30.6 Å². The van der Waals surface area contributed by atoms with Crippen LogP contribution in [0.3, 0.4) is 0 Å². The van der Waals surface area contributed by atoms with E-state index in [0.29, 0.717) is 29.5 Å². The van der Waals surface area contributed by atoms with Gasteiger partial charge in [0, 0.05) is 19.4 Å². The molecular formula is C17H20N2O4. The molecule has 0 fully saturated rings. The minimum Gasteiger partial charge on any atom is -0.493 e. The van der Waals surface area contributed by atoms with Crippen molar-refractivity contribution in [3.05, 3.63) is 42.0 Å². The number of benzene rings is 1. The number of aryl methyl sites for hydroxylation is 1. The second-order valence-corrected chi connectivity index (χ2v) is 4.75. The minimum atomic E-state index is -0.420. The first-order chi connectivity index (χ1) is 11.1. The van der Waals surface area contributed by atoms with Crippen molar-refractivity contribution < 1.29 is 19.0 Å². The van der Waals surface area contributed by atoms with E-state index in [4.69, 9.17) is 14.2 Å². The Morgan fingerprint density at radius 1 is 1.26 bits per heavy atom. The van der Waals surface area contributed by atoms with Gasteiger partial charge in [-0.2, -0.15) is 0 Å². The Kier molecular flexibility index (Phi) is 5.41. The lowest BCUT2D eigenvalue weighted by atomic mass is 10.1. The predicted octanol–water partition coefficient (Wildman–Crippen LogP) is 2.54. The van der Waals surface area contributed by atoms with Crippen LogP contribution >= 0.6 is 0 Å². The standard InChI is InChI=1S/C17H20N2O4/c1-5-23-17(20)13(16-18-8-9-19(16)2)10-12-6-7-14(21-3)15(11-12)22-4/h6-11H,5H2,1-4H3. The maximum absolute atomic E-state index is 12.3. The molecule has 23 heavy (non-hydrogen) atoms. The summed E-state index contributed by atoms with van der Waals surface area (Å²) in [6.45, 7) is 2.07. The van der Waals surface area contributed by atoms with E-state index < -0.39 is 5.97 Å². The number of hydrogen-bond acceptors (Lipinski definition) is 5. The summed E-state index contributed by atoms with van der Waals surface area (Å²) in [6.07, 6.45) is 5.14. The number of hydrogen-bond donors (Lipinski definition) is 0. The van der Waals surface area contributed by atoms with E-state index in [1.807, 2.05) is 13.1 Å². The molecule has 0 saturated carbocycles. The van der Waals surface area contributed by atoms with Gasteiger partial charge in [0.1, 0.15) is 11.4 Å². The van der Waals surface area contributed by atoms with Crippen molar-refractivity contribution in [2.24, 2.45) is 7.05 Å². The van der Waals surface area contributed by atoms with Gasteiger partial charge in [0.2, 0.25) is 0 Å². The maximum Gasteiger partial charge on any atom is 0.341 e. The highest BCUT2D eigenvalue weighted by atomic mass is 16.5. The van der Waals surface area contributed by atoms with Gasteiger partial charge in [-0.25, -0.2) is 9.78 Å². The van der Waals surface area contributed by atoms with Crippen LogP contribution < -0.4 is 9.47 Å². The van der Waals surface area contributed by atoms with Crippen molar-refractivity contribution in [2.75, 3.05) is 20.8 Å². The zero-order valence-electron chi connectivity index (χ0n) is 13.7. The van der Waals surface area contributed by atoms with Gasteiger partial charge < -0.3 is 18.8 Å². The number of nitrogens with zero attached hydrogens (tertiary/aromatic N) is 2. The summed E-state index contributed by atoms with van der Waals surface area (Å²) < 4.78 is 17.4. The van der Waals surface area contributed by atoms with Crippen LogP contribution in [0.5, 0.6) is 11.5 Å². The largest absolute Gasteiger partial charge is 0.493 e. The molecule has 2 aromatic rings. The lowest BCUT2D eigenvalue weighted by Gasteiger charge is -2.10. The van der Waals surface area contributed by atoms with Crippen molar-refractivity contribution in [1.82, 2.24) is 9.55 Å². The third-order valence-corrected chi connectivity index (χ3v) is 3.28. The number of aromatic nitrogens is 2. The number of imidazole rings is 1. The zero-order chi connectivity index (χ0) is 16.8. The predicted molar refractivity (Wildman–Crippen MR) is 87.3 cm³/mol. The summed E-state index contributed by atoms with van der Waals surface area (Å²) in [7, 11) is 4.96. The second-order valence-electron chi connectivity index (χ2n) is 4.75. The van der Waals surface area contributed by atoms with Crippen LogP contribution in [-0.4, -0.2) is 36.3 Å². The average Bonchev–Trinajstić information content (AvgIpc) is 2.98. The summed E-state index contributed by atoms with van der Waals surface area (Å²) in [5.74, 6) is 1.33. The Labute approximate surface area is 135 Å². The SMILES string of the molecule is CCOC(=O)C(=Cc1ccc(OC)c(OC)c1)c1nccn1C. The number of ether oxygens (including phenoxy) is 3. The van der Waals surface area contributed by atoms with Crippen molar-refractivity contribution in [1.29, 1.82) is 0 Å². The second kappa shape index (κ2) is 7.49. The summed E-state index contributed by atoms with van der Waals surface area (Å²) in [5.41, 5.74) is 1.17. The molecule has 0 N–H and O–H groups in total. The van der Waals surface area contributed by atoms with E-state index in [9.17, 15) is 4.79 Å². The monoisotopic (exact) mass is 316 g/mol. The van der Waals surface area contributed by atoms with Crippen molar-refractivity contribution in [2.45, 2.75) is 6.92 Å². The smallest absolute Gasteiger partial charge is 0.341 e. The van der Waals surface area contributed by atoms with Gasteiger partial charge in [-0.05, 0) is 30.7 Å². The Bertz CT molecular complexity index is 719. The van der Waals surface area contributed by atoms with E-state index in [-0.39, 0.29) is 0 Å². The highest BCUT2D eigenvalue weighted by Gasteiger charge is 2.18. The highest BCUT2D eigenvalue weighted by Crippen LogP contribution is 2.29. The molecule has 6 heteroatoms. The number of carbonyl (C=O) groups excluding carboxylic acids is 1. The van der Waals surface area contributed by atoms with Crippen molar-refractivity contribution in [3.8, 4) is 11.5 Å². The first-order valence-electron chi connectivity index (χ1n) is 7.19. The van der Waals surface area contributed by atoms with Gasteiger partial charge in [0.25, 0.3) is 0 Å². The van der Waals surface area contributed by atoms with Crippen LogP contribution in [0.25, 0.3) is 11.6 Å². The molecule has 0 amide bonds. The fraction of sp³-hybridized carbons (Fsp3) is 0.294. The molecular weight excluding hydrogens is 296 g/mol. The van der Waals surface area contributed by atoms with Crippen LogP contribution in [0.2, 0.25) is 0 Å². The van der Waals surface area contributed by atoms with Gasteiger partial charge in [-0.1, -0.05) is 6.07 Å². The molecule has 0 unspecified atom stereocenters. The van der Waals surface area contributed by atoms with Gasteiger partial charge in [-0.3, -0.25) is 0 Å². The molecule has 0 spiro atoms. The molecule has 2 rings (SSSR count). The third kappa shape index (κ3) is 3.71. The fourth-order valence-corrected chi connectivity index (χ4v) is 2.16. The van der Waals surface area contributed by atoms with Gasteiger partial charge in [0.15, 0.2) is 11.5 Å². The fourth-order valence-electron chi connectivity index (χ4n) is 2.16. The molecule has 122 valence electrons. The van der Waals surface area contributed by atoms with Crippen molar-refractivity contribution >= 4 is 17.6 Å². The lowest BCUT2D eigenvalue weighted by Crippen LogP contribution is -2.10. The number of rotatable bonds is 6. The highest BCUT2D eigenvalue weighted by molar-refractivity contribution is 6.20. The van der Waals surface area contributed by atoms with Crippen LogP contribution in [0, 0.1) is 0 Å². The molecule has 1 heterocycles. The first kappa shape index (κ1) is 16.6. The number of esters is 1. The molecule has 0 radical (unpaired) electrons. The van der Waals surface area contributed by atoms with Crippen molar-refractivity contribution in [3.63, 3.8) is 0 Å². The lowest BCUT2D eigenvalue weighted by molar-refractivity contribution is -0.136. The molecule has 0 aliphatic heterocycles. The Balaban J connectivity index is 2.49. The number of carbonyl (C=O) groups is 1. The van der Waals surface area contributed by atoms with Gasteiger partial charge >= 0.3 is 5.97 Å². The first-order valence-corrected chi connectivity index (χ1v) is 7.19. The van der Waals surface area contributed by atoms with Gasteiger partial charge in [-0.15, -0.1) is 0 Å². The molecule has 0 atom stereocenters. The Morgan fingerprint density at radius 3 is 2.57 bits per heavy atom. The van der Waals surface area contributed by atoms with Crippen LogP contribution in [-0.2, 0) is 16.6 Å². The van der Waals surface area contributed by atoms with E-state index in [2.05, 4.69) is 4.98 Å². The Morgan fingerprint density at radius 2 is 2.00 bits per heavy atom. The van der Waals surface area contributed by atoms with E-state index in [1.54, 1.807) is 56.3 Å². The minimum absolute atomic E-state index is 0.298. The zero-order valence-corrected chi connectivity index (χ0v) is 13.7. The summed E-state index contributed by atoms with van der Waals surface area (Å²) in [5, 5.41) is 0. The topological polar surface area (TPSA) is 62.6 Å². The Hall–Kier alpha value is -2.76. The molecule has 0 bridgehead atoms. The molecule has 1 aromatic heterocycles.